The maximum atomic E-state index is 10.9. The van der Waals surface area contributed by atoms with Gasteiger partial charge in [-0.3, -0.25) is 4.79 Å². The van der Waals surface area contributed by atoms with Gasteiger partial charge in [0.05, 0.1) is 0 Å². The fourth-order valence-corrected chi connectivity index (χ4v) is 0.896. The Labute approximate surface area is 80.5 Å². The second-order valence-electron chi connectivity index (χ2n) is 3.89. The highest BCUT2D eigenvalue weighted by molar-refractivity contribution is 5.78. The van der Waals surface area contributed by atoms with Crippen LogP contribution in [0, 0.1) is 5.92 Å². The maximum Gasteiger partial charge on any atom is 0.323 e. The van der Waals surface area contributed by atoms with Gasteiger partial charge in [-0.05, 0) is 25.8 Å². The van der Waals surface area contributed by atoms with Gasteiger partial charge in [-0.1, -0.05) is 27.2 Å². The molecule has 2 unspecified atom stereocenters. The molecule has 0 aromatic heterocycles. The third-order valence-electron chi connectivity index (χ3n) is 2.72. The van der Waals surface area contributed by atoms with Crippen molar-refractivity contribution in [2.24, 2.45) is 5.92 Å². The topological polar surface area (TPSA) is 49.3 Å². The van der Waals surface area contributed by atoms with Crippen molar-refractivity contribution < 1.29 is 9.90 Å². The molecule has 0 bridgehead atoms. The van der Waals surface area contributed by atoms with E-state index in [4.69, 9.17) is 5.11 Å². The second-order valence-corrected chi connectivity index (χ2v) is 3.89. The van der Waals surface area contributed by atoms with Crippen molar-refractivity contribution in [1.29, 1.82) is 0 Å². The van der Waals surface area contributed by atoms with Gasteiger partial charge in [0.2, 0.25) is 0 Å². The first-order chi connectivity index (χ1) is 5.96. The lowest BCUT2D eigenvalue weighted by molar-refractivity contribution is -0.144. The molecule has 0 aliphatic carbocycles. The predicted octanol–water partition coefficient (Wildman–Crippen LogP) is 1.88. The monoisotopic (exact) mass is 187 g/mol. The van der Waals surface area contributed by atoms with E-state index in [1.165, 1.54) is 0 Å². The Morgan fingerprint density at radius 3 is 2.38 bits per heavy atom. The molecule has 0 spiro atoms. The summed E-state index contributed by atoms with van der Waals surface area (Å²) in [5, 5.41) is 12.1. The van der Waals surface area contributed by atoms with E-state index in [1.54, 1.807) is 6.92 Å². The van der Waals surface area contributed by atoms with E-state index in [1.807, 2.05) is 6.92 Å². The van der Waals surface area contributed by atoms with Crippen LogP contribution in [-0.4, -0.2) is 23.2 Å². The van der Waals surface area contributed by atoms with Crippen molar-refractivity contribution in [2.45, 2.75) is 46.1 Å². The van der Waals surface area contributed by atoms with Gasteiger partial charge >= 0.3 is 5.97 Å². The van der Waals surface area contributed by atoms with Gasteiger partial charge in [0, 0.05) is 0 Å². The van der Waals surface area contributed by atoms with Gasteiger partial charge < -0.3 is 10.4 Å². The van der Waals surface area contributed by atoms with Crippen LogP contribution in [0.15, 0.2) is 0 Å². The average Bonchev–Trinajstić information content (AvgIpc) is 2.13. The number of nitrogens with one attached hydrogen (secondary N) is 1. The van der Waals surface area contributed by atoms with Crippen molar-refractivity contribution in [1.82, 2.24) is 5.32 Å². The second kappa shape index (κ2) is 5.22. The molecule has 0 aliphatic rings. The van der Waals surface area contributed by atoms with Gasteiger partial charge in [0.1, 0.15) is 5.54 Å². The number of rotatable bonds is 6. The van der Waals surface area contributed by atoms with Crippen molar-refractivity contribution in [2.75, 3.05) is 6.54 Å². The Kier molecular flexibility index (Phi) is 4.99. The zero-order valence-electron chi connectivity index (χ0n) is 9.05. The Hall–Kier alpha value is -0.570. The molecule has 2 atom stereocenters. The molecule has 0 fully saturated rings. The molecule has 0 aromatic rings. The van der Waals surface area contributed by atoms with Crippen molar-refractivity contribution in [3.63, 3.8) is 0 Å². The first-order valence-electron chi connectivity index (χ1n) is 4.94. The van der Waals surface area contributed by atoms with Crippen LogP contribution in [0.2, 0.25) is 0 Å². The Morgan fingerprint density at radius 1 is 1.54 bits per heavy atom. The minimum Gasteiger partial charge on any atom is -0.480 e. The van der Waals surface area contributed by atoms with Gasteiger partial charge in [-0.2, -0.15) is 0 Å². The molecule has 3 nitrogen and oxygen atoms in total. The highest BCUT2D eigenvalue weighted by Gasteiger charge is 2.30. The highest BCUT2D eigenvalue weighted by atomic mass is 16.4. The van der Waals surface area contributed by atoms with Gasteiger partial charge in [0.15, 0.2) is 0 Å². The quantitative estimate of drug-likeness (QED) is 0.667. The van der Waals surface area contributed by atoms with Crippen LogP contribution < -0.4 is 5.32 Å². The number of carboxylic acids is 1. The van der Waals surface area contributed by atoms with Crippen LogP contribution in [0.5, 0.6) is 0 Å². The van der Waals surface area contributed by atoms with Crippen LogP contribution in [0.1, 0.15) is 40.5 Å². The summed E-state index contributed by atoms with van der Waals surface area (Å²) in [7, 11) is 0. The first kappa shape index (κ1) is 12.4. The molecule has 2 N–H and O–H groups in total. The fourth-order valence-electron chi connectivity index (χ4n) is 0.896. The standard InChI is InChI=1S/C10H21NO2/c1-5-8(3)7-11-10(4,6-2)9(12)13/h8,11H,5-7H2,1-4H3,(H,12,13). The predicted molar refractivity (Wildman–Crippen MR) is 53.8 cm³/mol. The molecule has 0 saturated heterocycles. The maximum absolute atomic E-state index is 10.9. The number of carbonyl (C=O) groups is 1. The molecule has 3 heteroatoms. The van der Waals surface area contributed by atoms with Crippen LogP contribution >= 0.6 is 0 Å². The van der Waals surface area contributed by atoms with E-state index >= 15 is 0 Å². The molecule has 0 aromatic carbocycles. The van der Waals surface area contributed by atoms with Crippen LogP contribution in [0.3, 0.4) is 0 Å². The van der Waals surface area contributed by atoms with Crippen molar-refractivity contribution in [3.8, 4) is 0 Å². The lowest BCUT2D eigenvalue weighted by atomic mass is 9.98. The van der Waals surface area contributed by atoms with Gasteiger partial charge in [-0.15, -0.1) is 0 Å². The Morgan fingerprint density at radius 2 is 2.08 bits per heavy atom. The fraction of sp³-hybridized carbons (Fsp3) is 0.900. The minimum absolute atomic E-state index is 0.533. The van der Waals surface area contributed by atoms with E-state index in [2.05, 4.69) is 19.2 Å². The molecule has 0 saturated carbocycles. The summed E-state index contributed by atoms with van der Waals surface area (Å²) in [4.78, 5) is 10.9. The average molecular weight is 187 g/mol. The zero-order chi connectivity index (χ0) is 10.5. The molecular weight excluding hydrogens is 166 g/mol. The minimum atomic E-state index is -0.765. The summed E-state index contributed by atoms with van der Waals surface area (Å²) >= 11 is 0. The smallest absolute Gasteiger partial charge is 0.323 e. The van der Waals surface area contributed by atoms with Crippen molar-refractivity contribution in [3.05, 3.63) is 0 Å². The van der Waals surface area contributed by atoms with E-state index in [0.29, 0.717) is 12.3 Å². The molecule has 13 heavy (non-hydrogen) atoms. The molecule has 0 rings (SSSR count). The SMILES string of the molecule is CCC(C)CNC(C)(CC)C(=O)O. The van der Waals surface area contributed by atoms with Crippen LogP contribution in [-0.2, 0) is 4.79 Å². The molecule has 0 radical (unpaired) electrons. The zero-order valence-corrected chi connectivity index (χ0v) is 9.05. The third kappa shape index (κ3) is 3.77. The van der Waals surface area contributed by atoms with Crippen LogP contribution in [0.4, 0.5) is 0 Å². The summed E-state index contributed by atoms with van der Waals surface area (Å²) in [5.74, 6) is -0.233. The number of hydrogen-bond acceptors (Lipinski definition) is 2. The summed E-state index contributed by atoms with van der Waals surface area (Å²) in [6, 6.07) is 0. The normalized spacial score (nSPS) is 17.8. The van der Waals surface area contributed by atoms with Gasteiger partial charge in [-0.25, -0.2) is 0 Å². The van der Waals surface area contributed by atoms with Crippen molar-refractivity contribution >= 4 is 5.97 Å². The lowest BCUT2D eigenvalue weighted by Crippen LogP contribution is -2.50. The molecule has 0 aliphatic heterocycles. The van der Waals surface area contributed by atoms with E-state index in [-0.39, 0.29) is 0 Å². The van der Waals surface area contributed by atoms with E-state index < -0.39 is 11.5 Å². The number of aliphatic carboxylic acids is 1. The third-order valence-corrected chi connectivity index (χ3v) is 2.72. The van der Waals surface area contributed by atoms with E-state index in [9.17, 15) is 4.79 Å². The molecule has 0 heterocycles. The summed E-state index contributed by atoms with van der Waals surface area (Å²) in [6.07, 6.45) is 1.69. The highest BCUT2D eigenvalue weighted by Crippen LogP contribution is 2.10. The lowest BCUT2D eigenvalue weighted by Gasteiger charge is -2.26. The van der Waals surface area contributed by atoms with Crippen LogP contribution in [0.25, 0.3) is 0 Å². The van der Waals surface area contributed by atoms with E-state index in [0.717, 1.165) is 13.0 Å². The molecule has 78 valence electrons. The van der Waals surface area contributed by atoms with Gasteiger partial charge in [0.25, 0.3) is 0 Å². The summed E-state index contributed by atoms with van der Waals surface area (Å²) in [6.45, 7) is 8.61. The molecular formula is C10H21NO2. The Balaban J connectivity index is 4.05. The summed E-state index contributed by atoms with van der Waals surface area (Å²) in [5.41, 5.74) is -0.760. The molecule has 0 amide bonds. The largest absolute Gasteiger partial charge is 0.480 e. The number of hydrogen-bond donors (Lipinski definition) is 2. The summed E-state index contributed by atoms with van der Waals surface area (Å²) < 4.78 is 0. The Bertz CT molecular complexity index is 170. The number of carboxylic acid groups (broad SMARTS) is 1. The first-order valence-corrected chi connectivity index (χ1v) is 4.94.